The fourth-order valence-corrected chi connectivity index (χ4v) is 3.15. The molecule has 0 unspecified atom stereocenters. The number of aryl methyl sites for hydroxylation is 2. The highest BCUT2D eigenvalue weighted by Crippen LogP contribution is 2.36. The maximum absolute atomic E-state index is 11.1. The average Bonchev–Trinajstić information content (AvgIpc) is 2.79. The summed E-state index contributed by atoms with van der Waals surface area (Å²) in [6.45, 7) is 3.68. The molecule has 0 saturated heterocycles. The van der Waals surface area contributed by atoms with E-state index >= 15 is 0 Å². The smallest absolute Gasteiger partial charge is 0.348 e. The molecule has 0 amide bonds. The molecule has 3 N–H and O–H groups in total. The van der Waals surface area contributed by atoms with Gasteiger partial charge in [0.1, 0.15) is 15.5 Å². The molecule has 0 aliphatic carbocycles. The number of anilines is 1. The first-order valence-electron chi connectivity index (χ1n) is 5.27. The molecule has 3 aromatic heterocycles. The monoisotopic (exact) mass is 262 g/mol. The number of hydrogen-bond acceptors (Lipinski definition) is 5. The van der Waals surface area contributed by atoms with Crippen molar-refractivity contribution < 1.29 is 9.90 Å². The molecule has 7 heteroatoms. The van der Waals surface area contributed by atoms with E-state index in [9.17, 15) is 4.79 Å². The quantitative estimate of drug-likeness (QED) is 0.698. The Morgan fingerprint density at radius 3 is 2.89 bits per heavy atom. The van der Waals surface area contributed by atoms with Crippen LogP contribution < -0.4 is 5.73 Å². The zero-order valence-corrected chi connectivity index (χ0v) is 10.6. The minimum Gasteiger partial charge on any atom is -0.477 e. The first-order valence-corrected chi connectivity index (χ1v) is 6.09. The van der Waals surface area contributed by atoms with Crippen LogP contribution in [0.5, 0.6) is 0 Å². The molecule has 0 aliphatic heterocycles. The van der Waals surface area contributed by atoms with Gasteiger partial charge in [-0.05, 0) is 25.5 Å². The second-order valence-electron chi connectivity index (χ2n) is 4.09. The third-order valence-corrected chi connectivity index (χ3v) is 3.96. The number of fused-ring (bicyclic) bond motifs is 3. The van der Waals surface area contributed by atoms with E-state index in [-0.39, 0.29) is 4.88 Å². The minimum atomic E-state index is -1.02. The van der Waals surface area contributed by atoms with Gasteiger partial charge in [-0.15, -0.1) is 11.3 Å². The van der Waals surface area contributed by atoms with Gasteiger partial charge in [0.15, 0.2) is 5.65 Å². The summed E-state index contributed by atoms with van der Waals surface area (Å²) in [5.41, 5.74) is 7.82. The summed E-state index contributed by atoms with van der Waals surface area (Å²) in [7, 11) is 0. The zero-order valence-electron chi connectivity index (χ0n) is 9.76. The van der Waals surface area contributed by atoms with E-state index in [1.807, 2.05) is 13.0 Å². The molecule has 18 heavy (non-hydrogen) atoms. The molecule has 0 atom stereocenters. The molecule has 3 heterocycles. The number of aromatic nitrogens is 3. The second kappa shape index (κ2) is 3.42. The van der Waals surface area contributed by atoms with Gasteiger partial charge < -0.3 is 10.8 Å². The Balaban J connectivity index is 2.56. The van der Waals surface area contributed by atoms with Crippen molar-refractivity contribution in [2.24, 2.45) is 0 Å². The molecule has 0 aromatic carbocycles. The van der Waals surface area contributed by atoms with Gasteiger partial charge in [-0.25, -0.2) is 14.3 Å². The largest absolute Gasteiger partial charge is 0.477 e. The Morgan fingerprint density at radius 2 is 2.22 bits per heavy atom. The first kappa shape index (κ1) is 11.0. The summed E-state index contributed by atoms with van der Waals surface area (Å²) in [5, 5.41) is 14.1. The van der Waals surface area contributed by atoms with Crippen LogP contribution in [0.3, 0.4) is 0 Å². The lowest BCUT2D eigenvalue weighted by Crippen LogP contribution is -1.97. The molecular weight excluding hydrogens is 252 g/mol. The third-order valence-electron chi connectivity index (χ3n) is 2.79. The van der Waals surface area contributed by atoms with E-state index in [0.717, 1.165) is 27.1 Å². The number of aromatic carboxylic acids is 1. The lowest BCUT2D eigenvalue weighted by molar-refractivity contribution is 0.0703. The van der Waals surface area contributed by atoms with Gasteiger partial charge in [-0.1, -0.05) is 0 Å². The van der Waals surface area contributed by atoms with Crippen molar-refractivity contribution in [3.63, 3.8) is 0 Å². The van der Waals surface area contributed by atoms with Gasteiger partial charge >= 0.3 is 5.97 Å². The number of thiophene rings is 1. The Hall–Kier alpha value is -2.15. The molecule has 0 bridgehead atoms. The summed E-state index contributed by atoms with van der Waals surface area (Å²) in [6.07, 6.45) is 0. The van der Waals surface area contributed by atoms with Crippen LogP contribution in [-0.2, 0) is 0 Å². The first-order chi connectivity index (χ1) is 8.49. The van der Waals surface area contributed by atoms with E-state index in [4.69, 9.17) is 10.8 Å². The molecule has 0 aliphatic rings. The molecule has 6 nitrogen and oxygen atoms in total. The molecule has 3 aromatic rings. The van der Waals surface area contributed by atoms with Gasteiger partial charge in [0.05, 0.1) is 5.69 Å². The Labute approximate surface area is 106 Å². The van der Waals surface area contributed by atoms with Crippen molar-refractivity contribution in [2.75, 3.05) is 5.73 Å². The Bertz CT molecular complexity index is 802. The van der Waals surface area contributed by atoms with Crippen LogP contribution in [0.2, 0.25) is 0 Å². The van der Waals surface area contributed by atoms with Crippen molar-refractivity contribution in [2.45, 2.75) is 13.8 Å². The van der Waals surface area contributed by atoms with E-state index in [0.29, 0.717) is 17.2 Å². The third kappa shape index (κ3) is 1.31. The van der Waals surface area contributed by atoms with E-state index in [1.54, 1.807) is 11.4 Å². The van der Waals surface area contributed by atoms with Gasteiger partial charge in [0.25, 0.3) is 0 Å². The fourth-order valence-electron chi connectivity index (χ4n) is 2.06. The SMILES string of the molecule is Cc1nc2cc(C)c3c(N)c(C(=O)O)sc3n2n1. The van der Waals surface area contributed by atoms with Crippen molar-refractivity contribution in [3.8, 4) is 0 Å². The predicted octanol–water partition coefficient (Wildman–Crippen LogP) is 1.84. The highest BCUT2D eigenvalue weighted by atomic mass is 32.1. The summed E-state index contributed by atoms with van der Waals surface area (Å²) >= 11 is 1.12. The van der Waals surface area contributed by atoms with Gasteiger partial charge in [-0.3, -0.25) is 0 Å². The van der Waals surface area contributed by atoms with Gasteiger partial charge in [0, 0.05) is 5.39 Å². The van der Waals surface area contributed by atoms with Crippen molar-refractivity contribution >= 4 is 38.9 Å². The number of pyridine rings is 1. The molecule has 0 radical (unpaired) electrons. The summed E-state index contributed by atoms with van der Waals surface area (Å²) in [5.74, 6) is -0.371. The van der Waals surface area contributed by atoms with E-state index < -0.39 is 5.97 Å². The maximum Gasteiger partial charge on any atom is 0.348 e. The standard InChI is InChI=1S/C11H10N4O2S/c1-4-3-6-13-5(2)14-15(6)10-7(4)8(12)9(18-10)11(16)17/h3H,12H2,1-2H3,(H,16,17). The highest BCUT2D eigenvalue weighted by Gasteiger charge is 2.20. The average molecular weight is 262 g/mol. The number of hydrogen-bond donors (Lipinski definition) is 2. The van der Waals surface area contributed by atoms with Gasteiger partial charge in [0.2, 0.25) is 0 Å². The molecule has 0 spiro atoms. The number of carboxylic acids is 1. The van der Waals surface area contributed by atoms with Crippen molar-refractivity contribution in [3.05, 3.63) is 22.3 Å². The van der Waals surface area contributed by atoms with Crippen LogP contribution in [0.15, 0.2) is 6.07 Å². The molecular formula is C11H10N4O2S. The number of rotatable bonds is 1. The van der Waals surface area contributed by atoms with Crippen LogP contribution >= 0.6 is 11.3 Å². The summed E-state index contributed by atoms with van der Waals surface area (Å²) in [6, 6.07) is 1.86. The highest BCUT2D eigenvalue weighted by molar-refractivity contribution is 7.21. The number of nitrogen functional groups attached to an aromatic ring is 1. The van der Waals surface area contributed by atoms with Crippen molar-refractivity contribution in [1.29, 1.82) is 0 Å². The minimum absolute atomic E-state index is 0.147. The molecule has 3 rings (SSSR count). The number of carbonyl (C=O) groups is 1. The summed E-state index contributed by atoms with van der Waals surface area (Å²) in [4.78, 5) is 16.3. The number of nitrogens with two attached hydrogens (primary N) is 1. The summed E-state index contributed by atoms with van der Waals surface area (Å²) < 4.78 is 1.64. The lowest BCUT2D eigenvalue weighted by Gasteiger charge is -1.99. The topological polar surface area (TPSA) is 93.5 Å². The number of nitrogens with zero attached hydrogens (tertiary/aromatic N) is 3. The van der Waals surface area contributed by atoms with Crippen LogP contribution in [0.4, 0.5) is 5.69 Å². The Morgan fingerprint density at radius 1 is 1.50 bits per heavy atom. The Kier molecular flexibility index (Phi) is 2.09. The fraction of sp³-hybridized carbons (Fsp3) is 0.182. The van der Waals surface area contributed by atoms with Crippen LogP contribution in [0.25, 0.3) is 15.9 Å². The second-order valence-corrected chi connectivity index (χ2v) is 5.09. The van der Waals surface area contributed by atoms with E-state index in [1.165, 1.54) is 0 Å². The molecule has 0 saturated carbocycles. The molecule has 92 valence electrons. The predicted molar refractivity (Wildman–Crippen MR) is 69.2 cm³/mol. The maximum atomic E-state index is 11.1. The van der Waals surface area contributed by atoms with Crippen LogP contribution in [0, 0.1) is 13.8 Å². The van der Waals surface area contributed by atoms with Crippen LogP contribution in [0.1, 0.15) is 21.1 Å². The normalized spacial score (nSPS) is 11.4. The van der Waals surface area contributed by atoms with Gasteiger partial charge in [-0.2, -0.15) is 5.10 Å². The zero-order chi connectivity index (χ0) is 13.0. The number of carboxylic acid groups (broad SMARTS) is 1. The van der Waals surface area contributed by atoms with Crippen molar-refractivity contribution in [1.82, 2.24) is 14.6 Å². The van der Waals surface area contributed by atoms with E-state index in [2.05, 4.69) is 10.1 Å². The molecule has 0 fully saturated rings. The lowest BCUT2D eigenvalue weighted by atomic mass is 10.1. The van der Waals surface area contributed by atoms with Crippen LogP contribution in [-0.4, -0.2) is 25.7 Å².